The van der Waals surface area contributed by atoms with E-state index < -0.39 is 11.7 Å². The van der Waals surface area contributed by atoms with Crippen molar-refractivity contribution in [2.24, 2.45) is 0 Å². The van der Waals surface area contributed by atoms with Gasteiger partial charge in [0.2, 0.25) is 5.91 Å². The number of benzene rings is 3. The second-order valence-corrected chi connectivity index (χ2v) is 9.65. The lowest BCUT2D eigenvalue weighted by Gasteiger charge is -2.24. The average Bonchev–Trinajstić information content (AvgIpc) is 3.52. The lowest BCUT2D eigenvalue weighted by molar-refractivity contribution is -0.121. The van der Waals surface area contributed by atoms with Crippen LogP contribution in [0.3, 0.4) is 0 Å². The number of nitrogens with zero attached hydrogens (tertiary/aromatic N) is 4. The molecule has 0 saturated heterocycles. The maximum atomic E-state index is 14.8. The van der Waals surface area contributed by atoms with E-state index in [0.717, 1.165) is 5.56 Å². The number of carbonyl (C=O) groups is 3. The van der Waals surface area contributed by atoms with Crippen molar-refractivity contribution >= 4 is 17.7 Å². The fourth-order valence-corrected chi connectivity index (χ4v) is 4.77. The van der Waals surface area contributed by atoms with Crippen molar-refractivity contribution in [2.75, 3.05) is 26.2 Å². The van der Waals surface area contributed by atoms with Crippen LogP contribution in [0.4, 0.5) is 4.39 Å². The van der Waals surface area contributed by atoms with Gasteiger partial charge in [-0.1, -0.05) is 18.2 Å². The molecule has 3 amide bonds. The Morgan fingerprint density at radius 3 is 2.61 bits per heavy atom. The van der Waals surface area contributed by atoms with E-state index in [1.54, 1.807) is 41.3 Å². The molecule has 4 bridgehead atoms. The number of phenolic OH excluding ortho intramolecular Hbond substituents is 1. The number of aromatic hydroxyl groups is 1. The first-order chi connectivity index (χ1) is 19.9. The summed E-state index contributed by atoms with van der Waals surface area (Å²) < 4.78 is 16.3. The molecule has 41 heavy (non-hydrogen) atoms. The molecule has 1 aliphatic heterocycles. The van der Waals surface area contributed by atoms with Crippen LogP contribution in [-0.4, -0.2) is 68.7 Å². The zero-order valence-corrected chi connectivity index (χ0v) is 22.2. The number of phenols is 1. The number of nitrogens with one attached hydrogen (secondary N) is 2. The summed E-state index contributed by atoms with van der Waals surface area (Å²) in [5, 5.41) is 20.3. The topological polar surface area (TPSA) is 129 Å². The number of halogens is 1. The molecular formula is C30H29FN6O4. The molecule has 11 heteroatoms. The molecule has 0 saturated carbocycles. The Morgan fingerprint density at radius 1 is 0.927 bits per heavy atom. The number of amides is 3. The molecule has 0 atom stereocenters. The number of hydrogen-bond donors (Lipinski definition) is 3. The highest BCUT2D eigenvalue weighted by atomic mass is 19.1. The monoisotopic (exact) mass is 556 g/mol. The number of carbonyl (C=O) groups excluding carboxylic acids is 3. The first-order valence-corrected chi connectivity index (χ1v) is 13.3. The third-order valence-electron chi connectivity index (χ3n) is 6.90. The van der Waals surface area contributed by atoms with Crippen molar-refractivity contribution in [2.45, 2.75) is 19.3 Å². The minimum absolute atomic E-state index is 0.0867. The highest BCUT2D eigenvalue weighted by Crippen LogP contribution is 2.33. The average molecular weight is 557 g/mol. The van der Waals surface area contributed by atoms with Crippen molar-refractivity contribution < 1.29 is 23.9 Å². The molecule has 4 aromatic rings. The van der Waals surface area contributed by atoms with E-state index in [0.29, 0.717) is 30.6 Å². The van der Waals surface area contributed by atoms with E-state index in [4.69, 9.17) is 0 Å². The summed E-state index contributed by atoms with van der Waals surface area (Å²) in [6.45, 7) is 0.933. The van der Waals surface area contributed by atoms with E-state index in [9.17, 15) is 23.9 Å². The lowest BCUT2D eigenvalue weighted by Crippen LogP contribution is -2.40. The number of para-hydroxylation sites is 1. The van der Waals surface area contributed by atoms with Gasteiger partial charge in [-0.15, -0.1) is 0 Å². The van der Waals surface area contributed by atoms with Crippen LogP contribution < -0.4 is 10.6 Å². The predicted molar refractivity (Wildman–Crippen MR) is 149 cm³/mol. The molecule has 5 rings (SSSR count). The Hall–Kier alpha value is -5.06. The van der Waals surface area contributed by atoms with Gasteiger partial charge in [0.05, 0.1) is 11.3 Å². The highest BCUT2D eigenvalue weighted by molar-refractivity contribution is 5.98. The zero-order valence-electron chi connectivity index (χ0n) is 22.2. The number of aromatic nitrogens is 3. The molecule has 10 nitrogen and oxygen atoms in total. The molecule has 0 radical (unpaired) electrons. The molecule has 3 N–H and O–H groups in total. The summed E-state index contributed by atoms with van der Waals surface area (Å²) in [5.74, 6) is -1.59. The standard InChI is InChI=1S/C30H29FN6O4/c31-25-9-8-21-17-23(25)24-16-20(7-10-27(24)38)11-12-33-28(39)6-3-14-36(15-13-34-29(21)40)30(41)22-4-1-2-5-26(22)37-19-32-18-35-37/h1-2,4-5,7-10,16-19,38H,3,6,11-15H2,(H,33,39)(H,34,40). The third-order valence-corrected chi connectivity index (χ3v) is 6.90. The van der Waals surface area contributed by atoms with Gasteiger partial charge < -0.3 is 20.6 Å². The molecule has 0 fully saturated rings. The Bertz CT molecular complexity index is 1570. The van der Waals surface area contributed by atoms with Gasteiger partial charge in [-0.3, -0.25) is 14.4 Å². The summed E-state index contributed by atoms with van der Waals surface area (Å²) in [6, 6.07) is 15.8. The van der Waals surface area contributed by atoms with Crippen molar-refractivity contribution in [3.63, 3.8) is 0 Å². The molecule has 0 unspecified atom stereocenters. The minimum Gasteiger partial charge on any atom is -0.507 e. The summed E-state index contributed by atoms with van der Waals surface area (Å²) in [4.78, 5) is 44.8. The third kappa shape index (κ3) is 6.40. The van der Waals surface area contributed by atoms with E-state index in [-0.39, 0.29) is 60.3 Å². The molecule has 0 aliphatic carbocycles. The van der Waals surface area contributed by atoms with Crippen LogP contribution in [0, 0.1) is 5.82 Å². The molecule has 1 aliphatic rings. The van der Waals surface area contributed by atoms with Gasteiger partial charge >= 0.3 is 0 Å². The van der Waals surface area contributed by atoms with Crippen molar-refractivity contribution in [3.8, 4) is 22.6 Å². The fraction of sp³-hybridized carbons (Fsp3) is 0.233. The Balaban J connectivity index is 1.41. The van der Waals surface area contributed by atoms with Gasteiger partial charge in [0.25, 0.3) is 11.8 Å². The van der Waals surface area contributed by atoms with Crippen molar-refractivity contribution in [3.05, 3.63) is 95.8 Å². The molecule has 210 valence electrons. The zero-order chi connectivity index (χ0) is 28.8. The summed E-state index contributed by atoms with van der Waals surface area (Å²) >= 11 is 0. The molecule has 2 heterocycles. The van der Waals surface area contributed by atoms with Crippen LogP contribution in [0.5, 0.6) is 5.75 Å². The Labute approximate surface area is 235 Å². The quantitative estimate of drug-likeness (QED) is 0.348. The number of rotatable bonds is 2. The summed E-state index contributed by atoms with van der Waals surface area (Å²) in [7, 11) is 0. The van der Waals surface area contributed by atoms with Crippen LogP contribution in [0.2, 0.25) is 0 Å². The molecule has 3 aromatic carbocycles. The van der Waals surface area contributed by atoms with Gasteiger partial charge in [-0.2, -0.15) is 5.10 Å². The smallest absolute Gasteiger partial charge is 0.256 e. The highest BCUT2D eigenvalue weighted by Gasteiger charge is 2.21. The van der Waals surface area contributed by atoms with Gasteiger partial charge in [0.1, 0.15) is 24.2 Å². The van der Waals surface area contributed by atoms with Crippen LogP contribution in [-0.2, 0) is 11.2 Å². The van der Waals surface area contributed by atoms with Gasteiger partial charge in [0.15, 0.2) is 0 Å². The molecule has 0 spiro atoms. The van der Waals surface area contributed by atoms with Crippen LogP contribution in [0.25, 0.3) is 16.8 Å². The second kappa shape index (κ2) is 12.4. The second-order valence-electron chi connectivity index (χ2n) is 9.65. The van der Waals surface area contributed by atoms with Crippen molar-refractivity contribution in [1.29, 1.82) is 0 Å². The first-order valence-electron chi connectivity index (χ1n) is 13.3. The van der Waals surface area contributed by atoms with Crippen LogP contribution in [0.1, 0.15) is 39.1 Å². The van der Waals surface area contributed by atoms with E-state index >= 15 is 0 Å². The largest absolute Gasteiger partial charge is 0.507 e. The van der Waals surface area contributed by atoms with Crippen molar-refractivity contribution in [1.82, 2.24) is 30.3 Å². The molecule has 1 aromatic heterocycles. The number of fused-ring (bicyclic) bond motifs is 5. The number of hydrogen-bond acceptors (Lipinski definition) is 6. The maximum Gasteiger partial charge on any atom is 0.256 e. The summed E-state index contributed by atoms with van der Waals surface area (Å²) in [6.07, 6.45) is 3.97. The van der Waals surface area contributed by atoms with Crippen LogP contribution in [0.15, 0.2) is 73.3 Å². The van der Waals surface area contributed by atoms with Gasteiger partial charge in [0, 0.05) is 49.3 Å². The minimum atomic E-state index is -0.584. The first kappa shape index (κ1) is 27.5. The maximum absolute atomic E-state index is 14.8. The van der Waals surface area contributed by atoms with Gasteiger partial charge in [-0.05, 0) is 60.9 Å². The van der Waals surface area contributed by atoms with Gasteiger partial charge in [-0.25, -0.2) is 14.1 Å². The Kier molecular flexibility index (Phi) is 8.33. The van der Waals surface area contributed by atoms with E-state index in [2.05, 4.69) is 20.7 Å². The Morgan fingerprint density at radius 2 is 1.78 bits per heavy atom. The van der Waals surface area contributed by atoms with E-state index in [1.807, 2.05) is 0 Å². The molecular weight excluding hydrogens is 527 g/mol. The van der Waals surface area contributed by atoms with Crippen LogP contribution >= 0.6 is 0 Å². The van der Waals surface area contributed by atoms with E-state index in [1.165, 1.54) is 41.6 Å². The fourth-order valence-electron chi connectivity index (χ4n) is 4.77. The normalized spacial score (nSPS) is 14.9. The summed E-state index contributed by atoms with van der Waals surface area (Å²) in [5.41, 5.74) is 2.31. The lowest BCUT2D eigenvalue weighted by atomic mass is 9.98. The predicted octanol–water partition coefficient (Wildman–Crippen LogP) is 3.10. The SMILES string of the molecule is O=C1CCCN(C(=O)c2ccccc2-n2cncn2)CCNC(=O)c2ccc(F)c(c2)-c2cc(ccc2O)CCN1.